The Kier molecular flexibility index (Phi) is 4.94. The molecule has 140 valence electrons. The zero-order chi connectivity index (χ0) is 18.1. The van der Waals surface area contributed by atoms with Gasteiger partial charge in [-0.15, -0.1) is 0 Å². The molecule has 3 aliphatic rings. The Morgan fingerprint density at radius 1 is 1.19 bits per heavy atom. The number of hydrogen-bond donors (Lipinski definition) is 1. The largest absolute Gasteiger partial charge is 0.377 e. The molecule has 1 aromatic rings. The number of likely N-dealkylation sites (tertiary alicyclic amines) is 1. The van der Waals surface area contributed by atoms with Crippen molar-refractivity contribution < 1.29 is 14.3 Å². The van der Waals surface area contributed by atoms with Gasteiger partial charge < -0.3 is 15.4 Å². The highest BCUT2D eigenvalue weighted by Crippen LogP contribution is 2.41. The van der Waals surface area contributed by atoms with Crippen LogP contribution in [0.3, 0.4) is 0 Å². The third-order valence-electron chi connectivity index (χ3n) is 6.08. The van der Waals surface area contributed by atoms with Crippen molar-refractivity contribution >= 4 is 11.8 Å². The normalized spacial score (nSPS) is 26.8. The van der Waals surface area contributed by atoms with Gasteiger partial charge in [-0.1, -0.05) is 0 Å². The maximum atomic E-state index is 12.9. The zero-order valence-corrected chi connectivity index (χ0v) is 15.1. The second-order valence-electron chi connectivity index (χ2n) is 7.89. The molecule has 6 nitrogen and oxygen atoms in total. The number of carbonyl (C=O) groups is 2. The standard InChI is InChI=1S/C20H27N3O3/c21-19(24)15-7-11-26-17(15)12-13-5-9-23(10-6-13)20(25)16-2-1-8-22-18(16)14-3-4-14/h1-2,8,13-15,17H,3-7,9-12H2,(H2,21,24)/t15-,17-/m1/s1. The Morgan fingerprint density at radius 3 is 2.65 bits per heavy atom. The molecule has 0 aromatic carbocycles. The van der Waals surface area contributed by atoms with E-state index in [0.717, 1.165) is 62.9 Å². The van der Waals surface area contributed by atoms with Crippen molar-refractivity contribution in [3.63, 3.8) is 0 Å². The Morgan fingerprint density at radius 2 is 1.96 bits per heavy atom. The third-order valence-corrected chi connectivity index (χ3v) is 6.08. The monoisotopic (exact) mass is 357 g/mol. The van der Waals surface area contributed by atoms with Crippen molar-refractivity contribution in [1.29, 1.82) is 0 Å². The second-order valence-corrected chi connectivity index (χ2v) is 7.89. The molecule has 2 saturated heterocycles. The summed E-state index contributed by atoms with van der Waals surface area (Å²) in [7, 11) is 0. The molecule has 0 spiro atoms. The van der Waals surface area contributed by atoms with Crippen LogP contribution in [0.5, 0.6) is 0 Å². The van der Waals surface area contributed by atoms with E-state index in [2.05, 4.69) is 4.98 Å². The van der Waals surface area contributed by atoms with E-state index in [1.807, 2.05) is 17.0 Å². The maximum absolute atomic E-state index is 12.9. The predicted molar refractivity (Wildman–Crippen MR) is 96.5 cm³/mol. The highest BCUT2D eigenvalue weighted by Gasteiger charge is 2.36. The molecule has 4 rings (SSSR count). The molecule has 2 atom stereocenters. The summed E-state index contributed by atoms with van der Waals surface area (Å²) in [5.74, 6) is 0.680. The van der Waals surface area contributed by atoms with Gasteiger partial charge in [-0.25, -0.2) is 0 Å². The number of amides is 2. The highest BCUT2D eigenvalue weighted by molar-refractivity contribution is 5.95. The number of nitrogens with two attached hydrogens (primary N) is 1. The van der Waals surface area contributed by atoms with E-state index in [9.17, 15) is 9.59 Å². The Balaban J connectivity index is 1.34. The summed E-state index contributed by atoms with van der Waals surface area (Å²) < 4.78 is 5.73. The molecular weight excluding hydrogens is 330 g/mol. The van der Waals surface area contributed by atoms with Crippen molar-refractivity contribution in [3.8, 4) is 0 Å². The predicted octanol–water partition coefficient (Wildman–Crippen LogP) is 2.09. The van der Waals surface area contributed by atoms with Gasteiger partial charge in [-0.2, -0.15) is 0 Å². The van der Waals surface area contributed by atoms with E-state index in [1.54, 1.807) is 6.20 Å². The molecule has 3 fully saturated rings. The fraction of sp³-hybridized carbons (Fsp3) is 0.650. The minimum absolute atomic E-state index is 0.0421. The highest BCUT2D eigenvalue weighted by atomic mass is 16.5. The van der Waals surface area contributed by atoms with Gasteiger partial charge >= 0.3 is 0 Å². The molecule has 0 unspecified atom stereocenters. The summed E-state index contributed by atoms with van der Waals surface area (Å²) in [6.07, 6.45) is 7.54. The molecular formula is C20H27N3O3. The number of aromatic nitrogens is 1. The van der Waals surface area contributed by atoms with Gasteiger partial charge in [0.1, 0.15) is 0 Å². The molecule has 1 aromatic heterocycles. The van der Waals surface area contributed by atoms with E-state index in [0.29, 0.717) is 18.4 Å². The second kappa shape index (κ2) is 7.35. The molecule has 1 aliphatic carbocycles. The van der Waals surface area contributed by atoms with E-state index in [-0.39, 0.29) is 23.8 Å². The first-order valence-corrected chi connectivity index (χ1v) is 9.78. The molecule has 1 saturated carbocycles. The van der Waals surface area contributed by atoms with Crippen molar-refractivity contribution in [2.75, 3.05) is 19.7 Å². The van der Waals surface area contributed by atoms with Crippen molar-refractivity contribution in [1.82, 2.24) is 9.88 Å². The number of piperidine rings is 1. The third kappa shape index (κ3) is 3.61. The summed E-state index contributed by atoms with van der Waals surface area (Å²) in [5, 5.41) is 0. The lowest BCUT2D eigenvalue weighted by atomic mass is 9.86. The number of nitrogens with zero attached hydrogens (tertiary/aromatic N) is 2. The van der Waals surface area contributed by atoms with Crippen LogP contribution in [0, 0.1) is 11.8 Å². The first-order chi connectivity index (χ1) is 12.6. The lowest BCUT2D eigenvalue weighted by Crippen LogP contribution is -2.40. The van der Waals surface area contributed by atoms with Crippen molar-refractivity contribution in [2.45, 2.75) is 50.5 Å². The average Bonchev–Trinajstić information content (AvgIpc) is 3.40. The number of carbonyl (C=O) groups excluding carboxylic acids is 2. The van der Waals surface area contributed by atoms with Crippen LogP contribution in [0.25, 0.3) is 0 Å². The fourth-order valence-electron chi connectivity index (χ4n) is 4.36. The van der Waals surface area contributed by atoms with E-state index in [1.165, 1.54) is 0 Å². The van der Waals surface area contributed by atoms with Gasteiger partial charge in [0.15, 0.2) is 0 Å². The van der Waals surface area contributed by atoms with Gasteiger partial charge in [0.2, 0.25) is 5.91 Å². The average molecular weight is 357 g/mol. The van der Waals surface area contributed by atoms with Gasteiger partial charge in [-0.3, -0.25) is 14.6 Å². The molecule has 26 heavy (non-hydrogen) atoms. The van der Waals surface area contributed by atoms with Crippen molar-refractivity contribution in [2.24, 2.45) is 17.6 Å². The van der Waals surface area contributed by atoms with Crippen LogP contribution in [0.1, 0.15) is 60.5 Å². The maximum Gasteiger partial charge on any atom is 0.255 e. The lowest BCUT2D eigenvalue weighted by molar-refractivity contribution is -0.123. The number of primary amides is 1. The Labute approximate surface area is 154 Å². The van der Waals surface area contributed by atoms with Gasteiger partial charge in [-0.05, 0) is 56.6 Å². The Bertz CT molecular complexity index is 681. The summed E-state index contributed by atoms with van der Waals surface area (Å²) in [6.45, 7) is 2.15. The number of ether oxygens (including phenoxy) is 1. The molecule has 2 aliphatic heterocycles. The van der Waals surface area contributed by atoms with Gasteiger partial charge in [0.25, 0.3) is 5.91 Å². The smallest absolute Gasteiger partial charge is 0.255 e. The lowest BCUT2D eigenvalue weighted by Gasteiger charge is -2.33. The van der Waals surface area contributed by atoms with Crippen LogP contribution in [0.15, 0.2) is 18.3 Å². The number of hydrogen-bond acceptors (Lipinski definition) is 4. The minimum atomic E-state index is -0.246. The number of pyridine rings is 1. The fourth-order valence-corrected chi connectivity index (χ4v) is 4.36. The van der Waals surface area contributed by atoms with Gasteiger partial charge in [0, 0.05) is 31.8 Å². The van der Waals surface area contributed by atoms with Crippen LogP contribution in [0.4, 0.5) is 0 Å². The van der Waals surface area contributed by atoms with Crippen molar-refractivity contribution in [3.05, 3.63) is 29.6 Å². The van der Waals surface area contributed by atoms with Crippen LogP contribution in [-0.2, 0) is 9.53 Å². The number of rotatable bonds is 5. The summed E-state index contributed by atoms with van der Waals surface area (Å²) in [4.78, 5) is 30.9. The zero-order valence-electron chi connectivity index (χ0n) is 15.1. The summed E-state index contributed by atoms with van der Waals surface area (Å²) in [5.41, 5.74) is 7.24. The van der Waals surface area contributed by atoms with E-state index in [4.69, 9.17) is 10.5 Å². The first kappa shape index (κ1) is 17.5. The first-order valence-electron chi connectivity index (χ1n) is 9.78. The Hall–Kier alpha value is -1.95. The SMILES string of the molecule is NC(=O)[C@@H]1CCO[C@@H]1CC1CCN(C(=O)c2cccnc2C2CC2)CC1. The van der Waals surface area contributed by atoms with Crippen LogP contribution in [0.2, 0.25) is 0 Å². The molecule has 2 N–H and O–H groups in total. The van der Waals surface area contributed by atoms with Crippen LogP contribution >= 0.6 is 0 Å². The van der Waals surface area contributed by atoms with Crippen LogP contribution in [-0.4, -0.2) is 47.5 Å². The topological polar surface area (TPSA) is 85.5 Å². The van der Waals surface area contributed by atoms with Crippen LogP contribution < -0.4 is 5.73 Å². The molecule has 0 radical (unpaired) electrons. The molecule has 6 heteroatoms. The quantitative estimate of drug-likeness (QED) is 0.874. The van der Waals surface area contributed by atoms with Gasteiger partial charge in [0.05, 0.1) is 23.3 Å². The summed E-state index contributed by atoms with van der Waals surface area (Å²) in [6, 6.07) is 3.77. The molecule has 3 heterocycles. The van der Waals surface area contributed by atoms with E-state index < -0.39 is 0 Å². The molecule has 2 amide bonds. The minimum Gasteiger partial charge on any atom is -0.377 e. The molecule has 0 bridgehead atoms. The summed E-state index contributed by atoms with van der Waals surface area (Å²) >= 11 is 0. The van der Waals surface area contributed by atoms with E-state index >= 15 is 0 Å².